The van der Waals surface area contributed by atoms with Gasteiger partial charge in [-0.25, -0.2) is 0 Å². The Morgan fingerprint density at radius 3 is 2.87 bits per heavy atom. The third-order valence-corrected chi connectivity index (χ3v) is 2.52. The molecule has 0 radical (unpaired) electrons. The van der Waals surface area contributed by atoms with E-state index in [9.17, 15) is 0 Å². The van der Waals surface area contributed by atoms with Crippen molar-refractivity contribution in [2.45, 2.75) is 13.5 Å². The molecule has 78 valence electrons. The van der Waals surface area contributed by atoms with Gasteiger partial charge in [0, 0.05) is 10.2 Å². The number of hydrogen-bond donors (Lipinski definition) is 1. The zero-order valence-corrected chi connectivity index (χ0v) is 9.77. The van der Waals surface area contributed by atoms with Crippen molar-refractivity contribution < 1.29 is 5.11 Å². The molecule has 2 aromatic rings. The Hall–Kier alpha value is -1.20. The average Bonchev–Trinajstić information content (AvgIpc) is 2.63. The number of hydrogen-bond acceptors (Lipinski definition) is 3. The number of aliphatic hydroxyl groups is 1. The fourth-order valence-electron chi connectivity index (χ4n) is 1.44. The van der Waals surface area contributed by atoms with Crippen LogP contribution in [0, 0.1) is 6.92 Å². The van der Waals surface area contributed by atoms with Crippen molar-refractivity contribution in [2.75, 3.05) is 0 Å². The van der Waals surface area contributed by atoms with Crippen molar-refractivity contribution in [1.82, 2.24) is 14.8 Å². The summed E-state index contributed by atoms with van der Waals surface area (Å²) in [7, 11) is 0. The van der Waals surface area contributed by atoms with Crippen molar-refractivity contribution in [1.29, 1.82) is 0 Å². The molecule has 0 aliphatic carbocycles. The summed E-state index contributed by atoms with van der Waals surface area (Å²) in [4.78, 5) is 0. The summed E-state index contributed by atoms with van der Waals surface area (Å²) in [5.74, 6) is 0.535. The van der Waals surface area contributed by atoms with Crippen molar-refractivity contribution in [3.8, 4) is 5.69 Å². The van der Waals surface area contributed by atoms with Crippen molar-refractivity contribution in [3.63, 3.8) is 0 Å². The highest BCUT2D eigenvalue weighted by Crippen LogP contribution is 2.19. The molecule has 5 heteroatoms. The SMILES string of the molecule is Cc1cc(Br)cc(-n2cnnc2CO)c1. The summed E-state index contributed by atoms with van der Waals surface area (Å²) in [6.07, 6.45) is 1.59. The maximum absolute atomic E-state index is 9.07. The number of halogens is 1. The monoisotopic (exact) mass is 267 g/mol. The van der Waals surface area contributed by atoms with Gasteiger partial charge in [-0.15, -0.1) is 10.2 Å². The highest BCUT2D eigenvalue weighted by molar-refractivity contribution is 9.10. The number of aromatic nitrogens is 3. The lowest BCUT2D eigenvalue weighted by Gasteiger charge is -2.06. The largest absolute Gasteiger partial charge is 0.388 e. The van der Waals surface area contributed by atoms with Gasteiger partial charge < -0.3 is 5.11 Å². The van der Waals surface area contributed by atoms with Crippen LogP contribution < -0.4 is 0 Å². The van der Waals surface area contributed by atoms with E-state index in [0.717, 1.165) is 15.7 Å². The van der Waals surface area contributed by atoms with Crippen LogP contribution in [-0.2, 0) is 6.61 Å². The molecule has 0 aliphatic rings. The first kappa shape index (κ1) is 10.3. The third-order valence-electron chi connectivity index (χ3n) is 2.06. The average molecular weight is 268 g/mol. The Morgan fingerprint density at radius 2 is 2.20 bits per heavy atom. The topological polar surface area (TPSA) is 50.9 Å². The lowest BCUT2D eigenvalue weighted by molar-refractivity contribution is 0.269. The minimum atomic E-state index is -0.119. The van der Waals surface area contributed by atoms with Crippen LogP contribution in [0.3, 0.4) is 0 Å². The van der Waals surface area contributed by atoms with Crippen LogP contribution in [-0.4, -0.2) is 19.9 Å². The Morgan fingerprint density at radius 1 is 1.40 bits per heavy atom. The van der Waals surface area contributed by atoms with Crippen LogP contribution in [0.15, 0.2) is 29.0 Å². The van der Waals surface area contributed by atoms with Crippen LogP contribution in [0.25, 0.3) is 5.69 Å². The second-order valence-electron chi connectivity index (χ2n) is 3.26. The van der Waals surface area contributed by atoms with E-state index in [1.54, 1.807) is 10.9 Å². The maximum atomic E-state index is 9.07. The lowest BCUT2D eigenvalue weighted by atomic mass is 10.2. The third kappa shape index (κ3) is 2.08. The molecule has 15 heavy (non-hydrogen) atoms. The van der Waals surface area contributed by atoms with Gasteiger partial charge in [0.1, 0.15) is 12.9 Å². The van der Waals surface area contributed by atoms with Crippen molar-refractivity contribution in [2.24, 2.45) is 0 Å². The Balaban J connectivity index is 2.53. The van der Waals surface area contributed by atoms with Gasteiger partial charge in [0.15, 0.2) is 5.82 Å². The van der Waals surface area contributed by atoms with Crippen LogP contribution in [0.4, 0.5) is 0 Å². The quantitative estimate of drug-likeness (QED) is 0.904. The standard InChI is InChI=1S/C10H10BrN3O/c1-7-2-8(11)4-9(3-7)14-6-12-13-10(14)5-15/h2-4,6,15H,5H2,1H3. The molecule has 0 saturated carbocycles. The summed E-state index contributed by atoms with van der Waals surface area (Å²) < 4.78 is 2.76. The molecule has 0 fully saturated rings. The van der Waals surface area contributed by atoms with Gasteiger partial charge in [-0.3, -0.25) is 4.57 Å². The zero-order chi connectivity index (χ0) is 10.8. The summed E-state index contributed by atoms with van der Waals surface area (Å²) >= 11 is 3.43. The molecule has 0 bridgehead atoms. The van der Waals surface area contributed by atoms with Crippen LogP contribution in [0.2, 0.25) is 0 Å². The van der Waals surface area contributed by atoms with Gasteiger partial charge in [0.05, 0.1) is 0 Å². The van der Waals surface area contributed by atoms with E-state index >= 15 is 0 Å². The number of nitrogens with zero attached hydrogens (tertiary/aromatic N) is 3. The first-order valence-corrected chi connectivity index (χ1v) is 5.27. The highest BCUT2D eigenvalue weighted by Gasteiger charge is 2.05. The van der Waals surface area contributed by atoms with E-state index < -0.39 is 0 Å². The van der Waals surface area contributed by atoms with Crippen LogP contribution in [0.5, 0.6) is 0 Å². The van der Waals surface area contributed by atoms with Gasteiger partial charge in [-0.2, -0.15) is 0 Å². The summed E-state index contributed by atoms with van der Waals surface area (Å²) in [6.45, 7) is 1.89. The van der Waals surface area contributed by atoms with E-state index in [2.05, 4.69) is 26.1 Å². The van der Waals surface area contributed by atoms with E-state index in [1.807, 2.05) is 25.1 Å². The number of benzene rings is 1. The van der Waals surface area contributed by atoms with E-state index in [1.165, 1.54) is 0 Å². The van der Waals surface area contributed by atoms with Crippen molar-refractivity contribution >= 4 is 15.9 Å². The predicted octanol–water partition coefficient (Wildman–Crippen LogP) is 1.83. The van der Waals surface area contributed by atoms with E-state index in [-0.39, 0.29) is 6.61 Å². The number of rotatable bonds is 2. The van der Waals surface area contributed by atoms with Gasteiger partial charge in [-0.1, -0.05) is 15.9 Å². The Labute approximate surface area is 95.7 Å². The molecule has 4 nitrogen and oxygen atoms in total. The number of aliphatic hydroxyl groups excluding tert-OH is 1. The molecule has 1 N–H and O–H groups in total. The molecule has 1 aromatic carbocycles. The van der Waals surface area contributed by atoms with Gasteiger partial charge in [-0.05, 0) is 30.7 Å². The van der Waals surface area contributed by atoms with Gasteiger partial charge in [0.2, 0.25) is 0 Å². The molecule has 1 heterocycles. The number of aryl methyl sites for hydroxylation is 1. The van der Waals surface area contributed by atoms with Gasteiger partial charge in [0.25, 0.3) is 0 Å². The molecule has 2 rings (SSSR count). The van der Waals surface area contributed by atoms with Gasteiger partial charge >= 0.3 is 0 Å². The lowest BCUT2D eigenvalue weighted by Crippen LogP contribution is -2.00. The molecule has 1 aromatic heterocycles. The van der Waals surface area contributed by atoms with E-state index in [0.29, 0.717) is 5.82 Å². The maximum Gasteiger partial charge on any atom is 0.163 e. The fraction of sp³-hybridized carbons (Fsp3) is 0.200. The predicted molar refractivity (Wildman–Crippen MR) is 59.7 cm³/mol. The molecule has 0 unspecified atom stereocenters. The highest BCUT2D eigenvalue weighted by atomic mass is 79.9. The molecule has 0 atom stereocenters. The molecule has 0 amide bonds. The van der Waals surface area contributed by atoms with E-state index in [4.69, 9.17) is 5.11 Å². The molecular formula is C10H10BrN3O. The summed E-state index contributed by atoms with van der Waals surface area (Å²) in [5, 5.41) is 16.7. The second kappa shape index (κ2) is 4.12. The fourth-order valence-corrected chi connectivity index (χ4v) is 2.03. The Kier molecular flexibility index (Phi) is 2.83. The summed E-state index contributed by atoms with van der Waals surface area (Å²) in [6, 6.07) is 5.98. The molecule has 0 spiro atoms. The minimum Gasteiger partial charge on any atom is -0.388 e. The van der Waals surface area contributed by atoms with Crippen molar-refractivity contribution in [3.05, 3.63) is 40.4 Å². The smallest absolute Gasteiger partial charge is 0.163 e. The molecule has 0 aliphatic heterocycles. The zero-order valence-electron chi connectivity index (χ0n) is 8.18. The molecule has 0 saturated heterocycles. The minimum absolute atomic E-state index is 0.119. The van der Waals surface area contributed by atoms with Crippen LogP contribution >= 0.6 is 15.9 Å². The van der Waals surface area contributed by atoms with Crippen LogP contribution in [0.1, 0.15) is 11.4 Å². The first-order chi connectivity index (χ1) is 7.20. The molecular weight excluding hydrogens is 258 g/mol. The first-order valence-electron chi connectivity index (χ1n) is 4.48. The normalized spacial score (nSPS) is 10.6. The Bertz CT molecular complexity index is 461. The summed E-state index contributed by atoms with van der Waals surface area (Å²) in [5.41, 5.74) is 2.08. The second-order valence-corrected chi connectivity index (χ2v) is 4.18.